The fraction of sp³-hybridized carbons (Fsp3) is 0.133. The van der Waals surface area contributed by atoms with Gasteiger partial charge in [-0.25, -0.2) is 4.39 Å². The highest BCUT2D eigenvalue weighted by molar-refractivity contribution is 5.47. The van der Waals surface area contributed by atoms with Crippen LogP contribution < -0.4 is 5.32 Å². The Morgan fingerprint density at radius 2 is 1.86 bits per heavy atom. The van der Waals surface area contributed by atoms with Crippen LogP contribution in [0.5, 0.6) is 0 Å². The molecule has 6 heteroatoms. The zero-order valence-electron chi connectivity index (χ0n) is 10.7. The van der Waals surface area contributed by atoms with Gasteiger partial charge in [0.05, 0.1) is 17.2 Å². The van der Waals surface area contributed by atoms with E-state index in [0.29, 0.717) is 0 Å². The van der Waals surface area contributed by atoms with Crippen molar-refractivity contribution in [2.75, 3.05) is 5.32 Å². The molecule has 0 saturated carbocycles. The van der Waals surface area contributed by atoms with Gasteiger partial charge >= 0.3 is 6.18 Å². The number of rotatable bonds is 3. The Hall–Kier alpha value is -2.55. The quantitative estimate of drug-likeness (QED) is 0.855. The van der Waals surface area contributed by atoms with Gasteiger partial charge in [-0.3, -0.25) is 0 Å². The number of hydrogen-bond donors (Lipinski definition) is 1. The summed E-state index contributed by atoms with van der Waals surface area (Å²) in [4.78, 5) is 0. The predicted molar refractivity (Wildman–Crippen MR) is 69.9 cm³/mol. The van der Waals surface area contributed by atoms with E-state index in [1.807, 2.05) is 6.07 Å². The zero-order valence-corrected chi connectivity index (χ0v) is 10.7. The van der Waals surface area contributed by atoms with Crippen LogP contribution in [-0.2, 0) is 12.7 Å². The minimum absolute atomic E-state index is 0.0266. The van der Waals surface area contributed by atoms with Crippen molar-refractivity contribution in [3.05, 3.63) is 65.0 Å². The van der Waals surface area contributed by atoms with Gasteiger partial charge in [0.1, 0.15) is 5.82 Å². The third-order valence-electron chi connectivity index (χ3n) is 2.86. The number of nitriles is 1. The van der Waals surface area contributed by atoms with Gasteiger partial charge in [0.15, 0.2) is 0 Å². The second-order valence-electron chi connectivity index (χ2n) is 4.35. The Morgan fingerprint density at radius 1 is 1.10 bits per heavy atom. The lowest BCUT2D eigenvalue weighted by Crippen LogP contribution is -2.07. The molecule has 2 nitrogen and oxygen atoms in total. The van der Waals surface area contributed by atoms with Crippen molar-refractivity contribution in [1.82, 2.24) is 0 Å². The lowest BCUT2D eigenvalue weighted by molar-refractivity contribution is -0.137. The summed E-state index contributed by atoms with van der Waals surface area (Å²) >= 11 is 0. The smallest absolute Gasteiger partial charge is 0.381 e. The molecule has 2 rings (SSSR count). The topological polar surface area (TPSA) is 35.8 Å². The van der Waals surface area contributed by atoms with E-state index in [1.54, 1.807) is 0 Å². The van der Waals surface area contributed by atoms with E-state index in [-0.39, 0.29) is 23.4 Å². The first-order valence-electron chi connectivity index (χ1n) is 6.00. The molecule has 0 unspecified atom stereocenters. The standard InChI is InChI=1S/C15H10F4N2/c16-14-6-10(8-20)4-5-11(14)9-21-13-3-1-2-12(7-13)15(17,18)19/h1-7,21H,9H2. The number of halogens is 4. The second kappa shape index (κ2) is 5.83. The van der Waals surface area contributed by atoms with E-state index in [2.05, 4.69) is 5.32 Å². The maximum absolute atomic E-state index is 13.6. The van der Waals surface area contributed by atoms with Crippen LogP contribution in [0.2, 0.25) is 0 Å². The maximum Gasteiger partial charge on any atom is 0.416 e. The molecule has 0 aliphatic heterocycles. The van der Waals surface area contributed by atoms with Gasteiger partial charge < -0.3 is 5.32 Å². The van der Waals surface area contributed by atoms with Gasteiger partial charge in [-0.2, -0.15) is 18.4 Å². The lowest BCUT2D eigenvalue weighted by atomic mass is 10.1. The Kier molecular flexibility index (Phi) is 4.13. The molecule has 0 fully saturated rings. The largest absolute Gasteiger partial charge is 0.416 e. The lowest BCUT2D eigenvalue weighted by Gasteiger charge is -2.11. The highest BCUT2D eigenvalue weighted by Gasteiger charge is 2.30. The summed E-state index contributed by atoms with van der Waals surface area (Å²) in [6.07, 6.45) is -4.42. The van der Waals surface area contributed by atoms with Crippen LogP contribution >= 0.6 is 0 Å². The molecule has 2 aromatic rings. The Labute approximate surface area is 118 Å². The normalized spacial score (nSPS) is 11.0. The molecule has 0 aliphatic rings. The van der Waals surface area contributed by atoms with E-state index in [4.69, 9.17) is 5.26 Å². The number of nitrogens with one attached hydrogen (secondary N) is 1. The molecule has 21 heavy (non-hydrogen) atoms. The Balaban J connectivity index is 2.12. The third-order valence-corrected chi connectivity index (χ3v) is 2.86. The molecule has 0 spiro atoms. The third kappa shape index (κ3) is 3.72. The summed E-state index contributed by atoms with van der Waals surface area (Å²) in [6.45, 7) is 0.0266. The highest BCUT2D eigenvalue weighted by atomic mass is 19.4. The molecule has 0 aromatic heterocycles. The number of anilines is 1. The van der Waals surface area contributed by atoms with Crippen LogP contribution in [0.3, 0.4) is 0 Å². The summed E-state index contributed by atoms with van der Waals surface area (Å²) in [6, 6.07) is 10.4. The van der Waals surface area contributed by atoms with E-state index in [1.165, 1.54) is 24.3 Å². The number of nitrogens with zero attached hydrogens (tertiary/aromatic N) is 1. The fourth-order valence-electron chi connectivity index (χ4n) is 1.76. The number of hydrogen-bond acceptors (Lipinski definition) is 2. The summed E-state index contributed by atoms with van der Waals surface area (Å²) in [5, 5.41) is 11.4. The van der Waals surface area contributed by atoms with E-state index in [9.17, 15) is 17.6 Å². The molecule has 0 bridgehead atoms. The average Bonchev–Trinajstić information content (AvgIpc) is 2.45. The molecule has 1 N–H and O–H groups in total. The van der Waals surface area contributed by atoms with Crippen molar-refractivity contribution in [1.29, 1.82) is 5.26 Å². The van der Waals surface area contributed by atoms with Crippen LogP contribution in [0, 0.1) is 17.1 Å². The van der Waals surface area contributed by atoms with E-state index < -0.39 is 17.6 Å². The van der Waals surface area contributed by atoms with Crippen LogP contribution in [0.15, 0.2) is 42.5 Å². The molecular weight excluding hydrogens is 284 g/mol. The summed E-state index contributed by atoms with van der Waals surface area (Å²) < 4.78 is 51.3. The van der Waals surface area contributed by atoms with Crippen molar-refractivity contribution in [2.45, 2.75) is 12.7 Å². The molecule has 0 heterocycles. The van der Waals surface area contributed by atoms with Crippen LogP contribution in [0.1, 0.15) is 16.7 Å². The number of benzene rings is 2. The molecule has 2 aromatic carbocycles. The second-order valence-corrected chi connectivity index (χ2v) is 4.35. The van der Waals surface area contributed by atoms with E-state index >= 15 is 0 Å². The van der Waals surface area contributed by atoms with Crippen molar-refractivity contribution < 1.29 is 17.6 Å². The van der Waals surface area contributed by atoms with Crippen LogP contribution in [-0.4, -0.2) is 0 Å². The first-order chi connectivity index (χ1) is 9.90. The Bertz CT molecular complexity index is 687. The fourth-order valence-corrected chi connectivity index (χ4v) is 1.76. The van der Waals surface area contributed by atoms with E-state index in [0.717, 1.165) is 18.2 Å². The van der Waals surface area contributed by atoms with Gasteiger partial charge in [0.2, 0.25) is 0 Å². The first kappa shape index (κ1) is 14.9. The van der Waals surface area contributed by atoms with Gasteiger partial charge in [0, 0.05) is 17.8 Å². The van der Waals surface area contributed by atoms with Crippen LogP contribution in [0.25, 0.3) is 0 Å². The van der Waals surface area contributed by atoms with Crippen molar-refractivity contribution in [3.8, 4) is 6.07 Å². The van der Waals surface area contributed by atoms with Crippen LogP contribution in [0.4, 0.5) is 23.2 Å². The van der Waals surface area contributed by atoms with Gasteiger partial charge in [-0.05, 0) is 30.3 Å². The van der Waals surface area contributed by atoms with Gasteiger partial charge in [0.25, 0.3) is 0 Å². The molecular formula is C15H10F4N2. The molecule has 0 amide bonds. The van der Waals surface area contributed by atoms with Gasteiger partial charge in [-0.15, -0.1) is 0 Å². The monoisotopic (exact) mass is 294 g/mol. The minimum Gasteiger partial charge on any atom is -0.381 e. The minimum atomic E-state index is -4.42. The first-order valence-corrected chi connectivity index (χ1v) is 6.00. The zero-order chi connectivity index (χ0) is 15.5. The van der Waals surface area contributed by atoms with Crippen molar-refractivity contribution >= 4 is 5.69 Å². The molecule has 0 saturated heterocycles. The Morgan fingerprint density at radius 3 is 2.48 bits per heavy atom. The number of alkyl halides is 3. The maximum atomic E-state index is 13.6. The van der Waals surface area contributed by atoms with Crippen molar-refractivity contribution in [3.63, 3.8) is 0 Å². The average molecular weight is 294 g/mol. The summed E-state index contributed by atoms with van der Waals surface area (Å²) in [5.41, 5.74) is -0.0666. The van der Waals surface area contributed by atoms with Gasteiger partial charge in [-0.1, -0.05) is 12.1 Å². The highest BCUT2D eigenvalue weighted by Crippen LogP contribution is 2.30. The molecule has 0 atom stereocenters. The summed E-state index contributed by atoms with van der Waals surface area (Å²) in [7, 11) is 0. The predicted octanol–water partition coefficient (Wildman–Crippen LogP) is 4.33. The van der Waals surface area contributed by atoms with Crippen molar-refractivity contribution in [2.24, 2.45) is 0 Å². The molecule has 0 aliphatic carbocycles. The summed E-state index contributed by atoms with van der Waals surface area (Å²) in [5.74, 6) is -0.575. The molecule has 0 radical (unpaired) electrons. The SMILES string of the molecule is N#Cc1ccc(CNc2cccc(C(F)(F)F)c2)c(F)c1. The molecule has 108 valence electrons.